The van der Waals surface area contributed by atoms with Gasteiger partial charge in [0.25, 0.3) is 0 Å². The number of ether oxygens (including phenoxy) is 2. The Labute approximate surface area is 160 Å². The summed E-state index contributed by atoms with van der Waals surface area (Å²) in [5, 5.41) is 8.84. The summed E-state index contributed by atoms with van der Waals surface area (Å²) in [5.74, 6) is -0.170. The van der Waals surface area contributed by atoms with Gasteiger partial charge in [0.15, 0.2) is 18.1 Å². The molecule has 6 heteroatoms. The lowest BCUT2D eigenvalue weighted by Crippen LogP contribution is -2.11. The molecule has 0 saturated carbocycles. The Morgan fingerprint density at radius 2 is 2.16 bits per heavy atom. The van der Waals surface area contributed by atoms with Crippen molar-refractivity contribution >= 4 is 40.5 Å². The lowest BCUT2D eigenvalue weighted by atomic mass is 10.1. The summed E-state index contributed by atoms with van der Waals surface area (Å²) >= 11 is 2.24. The van der Waals surface area contributed by atoms with Crippen LogP contribution in [0.15, 0.2) is 54.0 Å². The number of allylic oxidation sites excluding steroid dienone is 1. The van der Waals surface area contributed by atoms with Gasteiger partial charge in [0, 0.05) is 15.3 Å². The molecule has 0 aliphatic heterocycles. The summed E-state index contributed by atoms with van der Waals surface area (Å²) in [7, 11) is 1.52. The third kappa shape index (κ3) is 5.60. The summed E-state index contributed by atoms with van der Waals surface area (Å²) < 4.78 is 11.9. The normalized spacial score (nSPS) is 10.6. The van der Waals surface area contributed by atoms with Crippen LogP contribution in [0.3, 0.4) is 0 Å². The van der Waals surface area contributed by atoms with Crippen LogP contribution in [0.4, 0.5) is 5.69 Å². The number of carbonyl (C=O) groups is 1. The van der Waals surface area contributed by atoms with E-state index in [1.54, 1.807) is 18.4 Å². The summed E-state index contributed by atoms with van der Waals surface area (Å²) in [4.78, 5) is 15.3. The van der Waals surface area contributed by atoms with Gasteiger partial charge in [-0.1, -0.05) is 12.1 Å². The van der Waals surface area contributed by atoms with Crippen molar-refractivity contribution < 1.29 is 19.4 Å². The number of hydrogen-bond acceptors (Lipinski definition) is 4. The molecule has 0 bridgehead atoms. The Morgan fingerprint density at radius 1 is 1.36 bits per heavy atom. The zero-order valence-electron chi connectivity index (χ0n) is 13.7. The van der Waals surface area contributed by atoms with Gasteiger partial charge in [-0.2, -0.15) is 0 Å². The molecule has 2 aromatic rings. The fourth-order valence-electron chi connectivity index (χ4n) is 2.22. The number of nitrogens with zero attached hydrogens (tertiary/aromatic N) is 1. The first-order chi connectivity index (χ1) is 12.0. The topological polar surface area (TPSA) is 68.1 Å². The van der Waals surface area contributed by atoms with Crippen LogP contribution >= 0.6 is 22.6 Å². The average molecular weight is 451 g/mol. The molecule has 2 rings (SSSR count). The van der Waals surface area contributed by atoms with Crippen molar-refractivity contribution in [2.75, 3.05) is 13.7 Å². The van der Waals surface area contributed by atoms with E-state index in [0.717, 1.165) is 20.4 Å². The minimum absolute atomic E-state index is 0.413. The van der Waals surface area contributed by atoms with Crippen molar-refractivity contribution in [3.63, 3.8) is 0 Å². The van der Waals surface area contributed by atoms with Crippen LogP contribution < -0.4 is 9.47 Å². The SMILES string of the molecule is C=CCc1cc(C=Nc2cccc(I)c2)cc(OC)c1OCC(=O)O. The van der Waals surface area contributed by atoms with Crippen molar-refractivity contribution in [2.24, 2.45) is 4.99 Å². The van der Waals surface area contributed by atoms with Crippen LogP contribution in [-0.4, -0.2) is 31.0 Å². The zero-order valence-corrected chi connectivity index (χ0v) is 15.9. The van der Waals surface area contributed by atoms with Crippen LogP contribution in [0.25, 0.3) is 0 Å². The van der Waals surface area contributed by atoms with Crippen molar-refractivity contribution in [3.8, 4) is 11.5 Å². The Kier molecular flexibility index (Phi) is 7.00. The number of aliphatic imine (C=N–C) groups is 1. The molecule has 0 atom stereocenters. The van der Waals surface area contributed by atoms with E-state index in [4.69, 9.17) is 14.6 Å². The molecule has 0 saturated heterocycles. The molecule has 0 spiro atoms. The van der Waals surface area contributed by atoms with E-state index in [1.165, 1.54) is 7.11 Å². The first-order valence-corrected chi connectivity index (χ1v) is 8.57. The molecule has 0 unspecified atom stereocenters. The van der Waals surface area contributed by atoms with E-state index in [0.29, 0.717) is 17.9 Å². The van der Waals surface area contributed by atoms with Crippen molar-refractivity contribution in [1.82, 2.24) is 0 Å². The van der Waals surface area contributed by atoms with Crippen LogP contribution in [0.5, 0.6) is 11.5 Å². The molecule has 2 aromatic carbocycles. The summed E-state index contributed by atoms with van der Waals surface area (Å²) in [6, 6.07) is 11.5. The Bertz CT molecular complexity index is 802. The molecule has 0 heterocycles. The van der Waals surface area contributed by atoms with Gasteiger partial charge in [0.05, 0.1) is 12.8 Å². The number of carboxylic acid groups (broad SMARTS) is 1. The maximum Gasteiger partial charge on any atom is 0.341 e. The second-order valence-electron chi connectivity index (χ2n) is 5.12. The quantitative estimate of drug-likeness (QED) is 0.371. The van der Waals surface area contributed by atoms with Crippen LogP contribution in [0.1, 0.15) is 11.1 Å². The van der Waals surface area contributed by atoms with Crippen molar-refractivity contribution in [2.45, 2.75) is 6.42 Å². The second-order valence-corrected chi connectivity index (χ2v) is 6.37. The predicted molar refractivity (Wildman–Crippen MR) is 106 cm³/mol. The largest absolute Gasteiger partial charge is 0.493 e. The second kappa shape index (κ2) is 9.22. The lowest BCUT2D eigenvalue weighted by Gasteiger charge is -2.14. The monoisotopic (exact) mass is 451 g/mol. The minimum atomic E-state index is -1.05. The molecule has 1 N–H and O–H groups in total. The van der Waals surface area contributed by atoms with E-state index in [-0.39, 0.29) is 0 Å². The fraction of sp³-hybridized carbons (Fsp3) is 0.158. The highest BCUT2D eigenvalue weighted by Gasteiger charge is 2.13. The lowest BCUT2D eigenvalue weighted by molar-refractivity contribution is -0.139. The van der Waals surface area contributed by atoms with Gasteiger partial charge >= 0.3 is 5.97 Å². The number of carboxylic acids is 1. The molecule has 0 radical (unpaired) electrons. The smallest absolute Gasteiger partial charge is 0.341 e. The summed E-state index contributed by atoms with van der Waals surface area (Å²) in [6.45, 7) is 3.30. The van der Waals surface area contributed by atoms with E-state index in [9.17, 15) is 4.79 Å². The molecule has 25 heavy (non-hydrogen) atoms. The van der Waals surface area contributed by atoms with E-state index in [1.807, 2.05) is 30.3 Å². The number of rotatable bonds is 8. The Morgan fingerprint density at radius 3 is 2.80 bits per heavy atom. The van der Waals surface area contributed by atoms with Gasteiger partial charge in [-0.25, -0.2) is 4.79 Å². The maximum absolute atomic E-state index is 10.8. The summed E-state index contributed by atoms with van der Waals surface area (Å²) in [6.07, 6.45) is 3.99. The molecule has 0 fully saturated rings. The van der Waals surface area contributed by atoms with Gasteiger partial charge in [0.2, 0.25) is 0 Å². The molecular weight excluding hydrogens is 433 g/mol. The summed E-state index contributed by atoms with van der Waals surface area (Å²) in [5.41, 5.74) is 2.47. The third-order valence-electron chi connectivity index (χ3n) is 3.25. The van der Waals surface area contributed by atoms with Gasteiger partial charge < -0.3 is 14.6 Å². The first kappa shape index (κ1) is 19.0. The Hall–Kier alpha value is -2.35. The van der Waals surface area contributed by atoms with E-state index < -0.39 is 12.6 Å². The number of benzene rings is 2. The predicted octanol–water partition coefficient (Wildman–Crippen LogP) is 4.24. The van der Waals surface area contributed by atoms with Crippen LogP contribution in [0.2, 0.25) is 0 Å². The molecule has 0 aliphatic rings. The molecule has 0 amide bonds. The Balaban J connectivity index is 2.37. The van der Waals surface area contributed by atoms with Gasteiger partial charge in [0.1, 0.15) is 0 Å². The maximum atomic E-state index is 10.8. The highest BCUT2D eigenvalue weighted by atomic mass is 127. The van der Waals surface area contributed by atoms with Gasteiger partial charge in [-0.05, 0) is 64.9 Å². The van der Waals surface area contributed by atoms with E-state index >= 15 is 0 Å². The number of halogens is 1. The van der Waals surface area contributed by atoms with Crippen molar-refractivity contribution in [1.29, 1.82) is 0 Å². The average Bonchev–Trinajstić information content (AvgIpc) is 2.58. The molecule has 0 aromatic heterocycles. The number of aliphatic carboxylic acids is 1. The number of hydrogen-bond donors (Lipinski definition) is 1. The van der Waals surface area contributed by atoms with Gasteiger partial charge in [-0.3, -0.25) is 4.99 Å². The highest BCUT2D eigenvalue weighted by molar-refractivity contribution is 14.1. The highest BCUT2D eigenvalue weighted by Crippen LogP contribution is 2.33. The molecular formula is C19H18INO4. The third-order valence-corrected chi connectivity index (χ3v) is 3.92. The minimum Gasteiger partial charge on any atom is -0.493 e. The van der Waals surface area contributed by atoms with Crippen LogP contribution in [-0.2, 0) is 11.2 Å². The first-order valence-electron chi connectivity index (χ1n) is 7.49. The van der Waals surface area contributed by atoms with E-state index in [2.05, 4.69) is 34.2 Å². The fourth-order valence-corrected chi connectivity index (χ4v) is 2.75. The van der Waals surface area contributed by atoms with Crippen LogP contribution in [0, 0.1) is 3.57 Å². The van der Waals surface area contributed by atoms with Crippen molar-refractivity contribution in [3.05, 3.63) is 63.8 Å². The molecule has 5 nitrogen and oxygen atoms in total. The zero-order chi connectivity index (χ0) is 18.2. The van der Waals surface area contributed by atoms with Gasteiger partial charge in [-0.15, -0.1) is 6.58 Å². The molecule has 0 aliphatic carbocycles. The standard InChI is InChI=1S/C19H18INO4/c1-3-5-14-8-13(11-21-16-7-4-6-15(20)10-16)9-17(24-2)19(14)25-12-18(22)23/h3-4,6-11H,1,5,12H2,2H3,(H,22,23). The number of methoxy groups -OCH3 is 1. The molecule has 130 valence electrons.